The molecule has 2 aromatic carbocycles. The molecule has 148 valence electrons. The number of fused-ring (bicyclic) bond motifs is 1. The van der Waals surface area contributed by atoms with Gasteiger partial charge in [0.15, 0.2) is 5.13 Å². The summed E-state index contributed by atoms with van der Waals surface area (Å²) in [6, 6.07) is 19.0. The van der Waals surface area contributed by atoms with Gasteiger partial charge in [-0.2, -0.15) is 0 Å². The molecular weight excluding hydrogens is 408 g/mol. The van der Waals surface area contributed by atoms with Gasteiger partial charge in [-0.25, -0.2) is 15.0 Å². The Balaban J connectivity index is 1.51. The second-order valence-electron chi connectivity index (χ2n) is 7.36. The van der Waals surface area contributed by atoms with Gasteiger partial charge >= 0.3 is 0 Å². The summed E-state index contributed by atoms with van der Waals surface area (Å²) in [7, 11) is 0. The van der Waals surface area contributed by atoms with Crippen LogP contribution >= 0.6 is 22.7 Å². The minimum Gasteiger partial charge on any atom is -0.316 e. The summed E-state index contributed by atoms with van der Waals surface area (Å²) in [5, 5.41) is 9.51. The largest absolute Gasteiger partial charge is 0.316 e. The molecule has 30 heavy (non-hydrogen) atoms. The number of nitrogens with zero attached hydrogens (tertiary/aromatic N) is 3. The maximum absolute atomic E-state index is 4.75. The van der Waals surface area contributed by atoms with E-state index < -0.39 is 0 Å². The molecular formula is C24H20N4S2. The molecule has 0 saturated heterocycles. The number of nitrogens with one attached hydrogen (secondary N) is 1. The van der Waals surface area contributed by atoms with Crippen molar-refractivity contribution in [1.29, 1.82) is 0 Å². The fourth-order valence-electron chi connectivity index (χ4n) is 3.40. The van der Waals surface area contributed by atoms with Crippen LogP contribution in [-0.4, -0.2) is 15.0 Å². The molecule has 0 amide bonds. The molecule has 3 heterocycles. The van der Waals surface area contributed by atoms with Crippen molar-refractivity contribution in [3.05, 3.63) is 77.2 Å². The molecule has 5 aromatic rings. The Morgan fingerprint density at radius 2 is 1.63 bits per heavy atom. The Kier molecular flexibility index (Phi) is 5.02. The monoisotopic (exact) mass is 428 g/mol. The van der Waals surface area contributed by atoms with Gasteiger partial charge < -0.3 is 5.32 Å². The molecule has 0 spiro atoms. The minimum absolute atomic E-state index is 0.516. The normalized spacial score (nSPS) is 11.3. The first-order valence-corrected chi connectivity index (χ1v) is 11.6. The molecule has 0 radical (unpaired) electrons. The van der Waals surface area contributed by atoms with Crippen molar-refractivity contribution >= 4 is 43.8 Å². The highest BCUT2D eigenvalue weighted by Gasteiger charge is 2.15. The van der Waals surface area contributed by atoms with Gasteiger partial charge in [0, 0.05) is 21.9 Å². The van der Waals surface area contributed by atoms with Crippen LogP contribution in [-0.2, 0) is 0 Å². The molecule has 0 fully saturated rings. The molecule has 1 N–H and O–H groups in total. The summed E-state index contributed by atoms with van der Waals surface area (Å²) in [6.45, 7) is 4.42. The molecule has 0 bridgehead atoms. The molecule has 0 unspecified atom stereocenters. The van der Waals surface area contributed by atoms with Crippen LogP contribution in [0.3, 0.4) is 0 Å². The number of anilines is 2. The molecule has 5 rings (SSSR count). The Hall–Kier alpha value is -3.09. The van der Waals surface area contributed by atoms with E-state index in [1.807, 2.05) is 18.2 Å². The standard InChI is InChI=1S/C24H20N4S2/c1-15(2)16-8-10-17(11-9-16)19-12-29-23-21(19)22(25-14-26-23)28-24-27-20(13-30-24)18-6-4-3-5-7-18/h3-15H,1-2H3,(H,25,26,27,28). The second-order valence-corrected chi connectivity index (χ2v) is 9.07. The van der Waals surface area contributed by atoms with Crippen LogP contribution < -0.4 is 5.32 Å². The maximum atomic E-state index is 4.75. The van der Waals surface area contributed by atoms with E-state index in [4.69, 9.17) is 4.98 Å². The first kappa shape index (κ1) is 18.9. The highest BCUT2D eigenvalue weighted by atomic mass is 32.1. The molecule has 0 aliphatic rings. The van der Waals surface area contributed by atoms with E-state index >= 15 is 0 Å². The van der Waals surface area contributed by atoms with E-state index in [-0.39, 0.29) is 0 Å². The number of benzene rings is 2. The van der Waals surface area contributed by atoms with Crippen LogP contribution in [0.1, 0.15) is 25.3 Å². The lowest BCUT2D eigenvalue weighted by Crippen LogP contribution is -1.95. The molecule has 0 aliphatic heterocycles. The highest BCUT2D eigenvalue weighted by Crippen LogP contribution is 2.38. The van der Waals surface area contributed by atoms with E-state index in [9.17, 15) is 0 Å². The van der Waals surface area contributed by atoms with E-state index in [0.29, 0.717) is 5.92 Å². The van der Waals surface area contributed by atoms with Crippen LogP contribution in [0.25, 0.3) is 32.6 Å². The average Bonchev–Trinajstić information content (AvgIpc) is 3.42. The van der Waals surface area contributed by atoms with Crippen LogP contribution in [0.5, 0.6) is 0 Å². The molecule has 0 aliphatic carbocycles. The van der Waals surface area contributed by atoms with Crippen LogP contribution in [0, 0.1) is 0 Å². The number of thiophene rings is 1. The quantitative estimate of drug-likeness (QED) is 0.318. The van der Waals surface area contributed by atoms with Crippen molar-refractivity contribution in [3.8, 4) is 22.4 Å². The smallest absolute Gasteiger partial charge is 0.188 e. The Morgan fingerprint density at radius 3 is 2.40 bits per heavy atom. The van der Waals surface area contributed by atoms with Gasteiger partial charge in [-0.1, -0.05) is 68.4 Å². The summed E-state index contributed by atoms with van der Waals surface area (Å²) in [6.07, 6.45) is 1.61. The molecule has 6 heteroatoms. The van der Waals surface area contributed by atoms with Gasteiger partial charge in [0.1, 0.15) is 17.0 Å². The van der Waals surface area contributed by atoms with Gasteiger partial charge in [-0.3, -0.25) is 0 Å². The fraction of sp³-hybridized carbons (Fsp3) is 0.125. The van der Waals surface area contributed by atoms with E-state index in [1.54, 1.807) is 29.0 Å². The van der Waals surface area contributed by atoms with Gasteiger partial charge in [0.05, 0.1) is 11.1 Å². The number of aromatic nitrogens is 3. The van der Waals surface area contributed by atoms with Crippen LogP contribution in [0.2, 0.25) is 0 Å². The van der Waals surface area contributed by atoms with Crippen LogP contribution in [0.4, 0.5) is 10.9 Å². The average molecular weight is 429 g/mol. The lowest BCUT2D eigenvalue weighted by Gasteiger charge is -2.08. The third kappa shape index (κ3) is 3.60. The Bertz CT molecular complexity index is 1290. The minimum atomic E-state index is 0.516. The Morgan fingerprint density at radius 1 is 0.833 bits per heavy atom. The highest BCUT2D eigenvalue weighted by molar-refractivity contribution is 7.17. The van der Waals surface area contributed by atoms with Crippen molar-refractivity contribution in [2.45, 2.75) is 19.8 Å². The zero-order valence-corrected chi connectivity index (χ0v) is 18.3. The van der Waals surface area contributed by atoms with Crippen LogP contribution in [0.15, 0.2) is 71.7 Å². The number of hydrogen-bond donors (Lipinski definition) is 1. The fourth-order valence-corrected chi connectivity index (χ4v) is 5.04. The predicted octanol–water partition coefficient (Wildman–Crippen LogP) is 7.35. The first-order valence-electron chi connectivity index (χ1n) is 9.79. The van der Waals surface area contributed by atoms with Crippen molar-refractivity contribution in [3.63, 3.8) is 0 Å². The van der Waals surface area contributed by atoms with E-state index in [2.05, 4.69) is 76.3 Å². The first-order chi connectivity index (χ1) is 14.7. The lowest BCUT2D eigenvalue weighted by molar-refractivity contribution is 0.867. The summed E-state index contributed by atoms with van der Waals surface area (Å²) in [5.41, 5.74) is 5.73. The summed E-state index contributed by atoms with van der Waals surface area (Å²) < 4.78 is 0. The van der Waals surface area contributed by atoms with Gasteiger partial charge in [0.25, 0.3) is 0 Å². The van der Waals surface area contributed by atoms with E-state index in [0.717, 1.165) is 38.0 Å². The lowest BCUT2D eigenvalue weighted by atomic mass is 9.99. The SMILES string of the molecule is CC(C)c1ccc(-c2csc3ncnc(Nc4nc(-c5ccccc5)cs4)c23)cc1. The number of rotatable bonds is 5. The molecule has 4 nitrogen and oxygen atoms in total. The predicted molar refractivity (Wildman–Crippen MR) is 128 cm³/mol. The topological polar surface area (TPSA) is 50.7 Å². The molecule has 3 aromatic heterocycles. The van der Waals surface area contributed by atoms with Crippen molar-refractivity contribution < 1.29 is 0 Å². The van der Waals surface area contributed by atoms with Gasteiger partial charge in [-0.05, 0) is 17.0 Å². The van der Waals surface area contributed by atoms with Gasteiger partial charge in [-0.15, -0.1) is 22.7 Å². The number of thiazole rings is 1. The zero-order chi connectivity index (χ0) is 20.5. The third-order valence-electron chi connectivity index (χ3n) is 5.06. The maximum Gasteiger partial charge on any atom is 0.188 e. The summed E-state index contributed by atoms with van der Waals surface area (Å²) in [4.78, 5) is 14.7. The second kappa shape index (κ2) is 7.97. The van der Waals surface area contributed by atoms with E-state index in [1.165, 1.54) is 11.1 Å². The van der Waals surface area contributed by atoms with Gasteiger partial charge in [0.2, 0.25) is 0 Å². The zero-order valence-electron chi connectivity index (χ0n) is 16.7. The van der Waals surface area contributed by atoms with Crippen molar-refractivity contribution in [2.75, 3.05) is 5.32 Å². The Labute approximate surface area is 183 Å². The van der Waals surface area contributed by atoms with Crippen molar-refractivity contribution in [2.24, 2.45) is 0 Å². The molecule has 0 saturated carbocycles. The molecule has 0 atom stereocenters. The van der Waals surface area contributed by atoms with Crippen molar-refractivity contribution in [1.82, 2.24) is 15.0 Å². The summed E-state index contributed by atoms with van der Waals surface area (Å²) in [5.74, 6) is 1.31. The number of hydrogen-bond acceptors (Lipinski definition) is 6. The third-order valence-corrected chi connectivity index (χ3v) is 6.70. The summed E-state index contributed by atoms with van der Waals surface area (Å²) >= 11 is 3.22.